The lowest BCUT2D eigenvalue weighted by atomic mass is 10.00. The fraction of sp³-hybridized carbons (Fsp3) is 0.333. The van der Waals surface area contributed by atoms with Gasteiger partial charge >= 0.3 is 5.97 Å². The molecule has 1 rings (SSSR count). The Balaban J connectivity index is 2.76. The van der Waals surface area contributed by atoms with Crippen molar-refractivity contribution < 1.29 is 14.3 Å². The van der Waals surface area contributed by atoms with Crippen molar-refractivity contribution in [1.82, 2.24) is 0 Å². The molecule has 1 atom stereocenters. The predicted molar refractivity (Wildman–Crippen MR) is 72.0 cm³/mol. The molecule has 1 aromatic carbocycles. The van der Waals surface area contributed by atoms with E-state index in [-0.39, 0.29) is 18.2 Å². The minimum atomic E-state index is -0.421. The van der Waals surface area contributed by atoms with Crippen LogP contribution in [0.25, 0.3) is 0 Å². The van der Waals surface area contributed by atoms with Gasteiger partial charge in [0.15, 0.2) is 5.78 Å². The van der Waals surface area contributed by atoms with Crippen molar-refractivity contribution in [2.45, 2.75) is 13.3 Å². The summed E-state index contributed by atoms with van der Waals surface area (Å²) in [5.41, 5.74) is 0.579. The van der Waals surface area contributed by atoms with Gasteiger partial charge in [-0.1, -0.05) is 13.0 Å². The van der Waals surface area contributed by atoms with Gasteiger partial charge in [0, 0.05) is 20.9 Å². The normalized spacial score (nSPS) is 12.0. The second-order valence-electron chi connectivity index (χ2n) is 3.68. The molecule has 0 amide bonds. The minimum absolute atomic E-state index is 0.0731. The van der Waals surface area contributed by atoms with Crippen molar-refractivity contribution in [2.24, 2.45) is 5.92 Å². The van der Waals surface area contributed by atoms with Gasteiger partial charge in [-0.05, 0) is 44.0 Å². The molecular weight excluding hydrogens is 352 g/mol. The quantitative estimate of drug-likeness (QED) is 0.606. The highest BCUT2D eigenvalue weighted by molar-refractivity contribution is 9.13. The average Bonchev–Trinajstić information content (AvgIpc) is 2.31. The van der Waals surface area contributed by atoms with E-state index in [2.05, 4.69) is 36.6 Å². The summed E-state index contributed by atoms with van der Waals surface area (Å²) in [5, 5.41) is 0. The van der Waals surface area contributed by atoms with Gasteiger partial charge < -0.3 is 4.74 Å². The summed E-state index contributed by atoms with van der Waals surface area (Å²) >= 11 is 6.66. The average molecular weight is 364 g/mol. The van der Waals surface area contributed by atoms with E-state index in [4.69, 9.17) is 0 Å². The number of Topliss-reactive ketones (excluding diaryl/α,β-unsaturated/α-hetero) is 1. The zero-order chi connectivity index (χ0) is 13.0. The summed E-state index contributed by atoms with van der Waals surface area (Å²) in [6, 6.07) is 5.25. The highest BCUT2D eigenvalue weighted by Crippen LogP contribution is 2.24. The highest BCUT2D eigenvalue weighted by Gasteiger charge is 2.18. The zero-order valence-corrected chi connectivity index (χ0v) is 12.7. The number of carbonyl (C=O) groups excluding carboxylic acids is 2. The van der Waals surface area contributed by atoms with Crippen LogP contribution in [0.4, 0.5) is 0 Å². The van der Waals surface area contributed by atoms with E-state index < -0.39 is 5.92 Å². The molecule has 17 heavy (non-hydrogen) atoms. The molecular formula is C12H12Br2O3. The van der Waals surface area contributed by atoms with Crippen LogP contribution in [0.15, 0.2) is 27.1 Å². The molecule has 1 aromatic rings. The van der Waals surface area contributed by atoms with E-state index in [9.17, 15) is 9.59 Å². The highest BCUT2D eigenvalue weighted by atomic mass is 79.9. The SMILES string of the molecule is COC(=O)C(C)CC(=O)c1ccc(Br)c(Br)c1. The van der Waals surface area contributed by atoms with E-state index in [0.29, 0.717) is 5.56 Å². The summed E-state index contributed by atoms with van der Waals surface area (Å²) in [6.45, 7) is 1.68. The molecule has 1 unspecified atom stereocenters. The molecule has 0 fully saturated rings. The third-order valence-electron chi connectivity index (χ3n) is 2.34. The van der Waals surface area contributed by atoms with E-state index in [1.807, 2.05) is 0 Å². The molecule has 0 saturated carbocycles. The summed E-state index contributed by atoms with van der Waals surface area (Å²) in [6.07, 6.45) is 0.154. The van der Waals surface area contributed by atoms with Gasteiger partial charge in [0.1, 0.15) is 0 Å². The van der Waals surface area contributed by atoms with Gasteiger partial charge in [0.05, 0.1) is 13.0 Å². The van der Waals surface area contributed by atoms with Crippen LogP contribution in [0.3, 0.4) is 0 Å². The maximum atomic E-state index is 11.9. The molecule has 0 saturated heterocycles. The number of halogens is 2. The van der Waals surface area contributed by atoms with Crippen molar-refractivity contribution in [3.05, 3.63) is 32.7 Å². The van der Waals surface area contributed by atoms with Crippen LogP contribution >= 0.6 is 31.9 Å². The van der Waals surface area contributed by atoms with Crippen molar-refractivity contribution in [1.29, 1.82) is 0 Å². The number of ether oxygens (including phenoxy) is 1. The number of ketones is 1. The Kier molecular flexibility index (Phi) is 5.33. The number of hydrogen-bond acceptors (Lipinski definition) is 3. The van der Waals surface area contributed by atoms with E-state index in [1.165, 1.54) is 7.11 Å². The molecule has 0 radical (unpaired) electrons. The lowest BCUT2D eigenvalue weighted by Gasteiger charge is -2.08. The monoisotopic (exact) mass is 362 g/mol. The maximum absolute atomic E-state index is 11.9. The fourth-order valence-electron chi connectivity index (χ4n) is 1.35. The topological polar surface area (TPSA) is 43.4 Å². The third-order valence-corrected chi connectivity index (χ3v) is 4.22. The number of carbonyl (C=O) groups is 2. The van der Waals surface area contributed by atoms with Gasteiger partial charge in [-0.3, -0.25) is 9.59 Å². The fourth-order valence-corrected chi connectivity index (χ4v) is 1.98. The Hall–Kier alpha value is -0.680. The number of benzene rings is 1. The lowest BCUT2D eigenvalue weighted by Crippen LogP contribution is -2.16. The Morgan fingerprint density at radius 2 is 1.94 bits per heavy atom. The molecule has 0 aliphatic heterocycles. The predicted octanol–water partition coefficient (Wildman–Crippen LogP) is 3.59. The van der Waals surface area contributed by atoms with Gasteiger partial charge in [0.2, 0.25) is 0 Å². The van der Waals surface area contributed by atoms with Crippen LogP contribution in [-0.4, -0.2) is 18.9 Å². The second kappa shape index (κ2) is 6.31. The summed E-state index contributed by atoms with van der Waals surface area (Å²) < 4.78 is 6.28. The third kappa shape index (κ3) is 3.92. The van der Waals surface area contributed by atoms with Crippen molar-refractivity contribution in [3.63, 3.8) is 0 Å². The molecule has 0 heterocycles. The first-order valence-electron chi connectivity index (χ1n) is 5.01. The largest absolute Gasteiger partial charge is 0.469 e. The number of hydrogen-bond donors (Lipinski definition) is 0. The van der Waals surface area contributed by atoms with E-state index >= 15 is 0 Å². The molecule has 0 aliphatic carbocycles. The zero-order valence-electron chi connectivity index (χ0n) is 9.50. The summed E-state index contributed by atoms with van der Waals surface area (Å²) in [4.78, 5) is 23.1. The summed E-state index contributed by atoms with van der Waals surface area (Å²) in [5.74, 6) is -0.861. The van der Waals surface area contributed by atoms with Crippen LogP contribution in [-0.2, 0) is 9.53 Å². The molecule has 0 aliphatic rings. The molecule has 0 bridgehead atoms. The Morgan fingerprint density at radius 3 is 2.47 bits per heavy atom. The first-order valence-corrected chi connectivity index (χ1v) is 6.60. The molecule has 92 valence electrons. The van der Waals surface area contributed by atoms with Crippen LogP contribution in [0, 0.1) is 5.92 Å². The van der Waals surface area contributed by atoms with Gasteiger partial charge in [0.25, 0.3) is 0 Å². The Labute approximate surface area is 117 Å². The van der Waals surface area contributed by atoms with Crippen LogP contribution in [0.2, 0.25) is 0 Å². The van der Waals surface area contributed by atoms with Gasteiger partial charge in [-0.15, -0.1) is 0 Å². The molecule has 5 heteroatoms. The minimum Gasteiger partial charge on any atom is -0.469 e. The maximum Gasteiger partial charge on any atom is 0.308 e. The molecule has 0 spiro atoms. The molecule has 0 N–H and O–H groups in total. The Morgan fingerprint density at radius 1 is 1.29 bits per heavy atom. The van der Waals surface area contributed by atoms with E-state index in [1.54, 1.807) is 25.1 Å². The smallest absolute Gasteiger partial charge is 0.308 e. The number of methoxy groups -OCH3 is 1. The first kappa shape index (κ1) is 14.4. The van der Waals surface area contributed by atoms with Crippen LogP contribution in [0.1, 0.15) is 23.7 Å². The lowest BCUT2D eigenvalue weighted by molar-refractivity contribution is -0.144. The van der Waals surface area contributed by atoms with Crippen molar-refractivity contribution in [2.75, 3.05) is 7.11 Å². The second-order valence-corrected chi connectivity index (χ2v) is 5.39. The molecule has 3 nitrogen and oxygen atoms in total. The standard InChI is InChI=1S/C12H12Br2O3/c1-7(12(16)17-2)5-11(15)8-3-4-9(13)10(14)6-8/h3-4,6-7H,5H2,1-2H3. The van der Waals surface area contributed by atoms with Crippen molar-refractivity contribution >= 4 is 43.6 Å². The molecule has 0 aromatic heterocycles. The van der Waals surface area contributed by atoms with Crippen LogP contribution < -0.4 is 0 Å². The Bertz CT molecular complexity index is 443. The number of rotatable bonds is 4. The van der Waals surface area contributed by atoms with Crippen LogP contribution in [0.5, 0.6) is 0 Å². The first-order chi connectivity index (χ1) is 7.95. The van der Waals surface area contributed by atoms with Crippen molar-refractivity contribution in [3.8, 4) is 0 Å². The number of esters is 1. The van der Waals surface area contributed by atoms with Gasteiger partial charge in [-0.2, -0.15) is 0 Å². The van der Waals surface area contributed by atoms with E-state index in [0.717, 1.165) is 8.95 Å². The summed E-state index contributed by atoms with van der Waals surface area (Å²) in [7, 11) is 1.32. The van der Waals surface area contributed by atoms with Gasteiger partial charge in [-0.25, -0.2) is 0 Å².